The molecule has 2 fully saturated rings. The molecule has 0 amide bonds. The van der Waals surface area contributed by atoms with Crippen molar-refractivity contribution in [3.63, 3.8) is 0 Å². The normalized spacial score (nSPS) is 24.7. The summed E-state index contributed by atoms with van der Waals surface area (Å²) in [4.78, 5) is 2.69. The van der Waals surface area contributed by atoms with Gasteiger partial charge in [0, 0.05) is 18.7 Å². The Morgan fingerprint density at radius 2 is 1.76 bits per heavy atom. The predicted octanol–water partition coefficient (Wildman–Crippen LogP) is 7.06. The lowest BCUT2D eigenvalue weighted by atomic mass is 9.78. The van der Waals surface area contributed by atoms with E-state index in [9.17, 15) is 0 Å². The van der Waals surface area contributed by atoms with Crippen molar-refractivity contribution in [2.75, 3.05) is 32.9 Å². The van der Waals surface area contributed by atoms with Crippen LogP contribution in [0.2, 0.25) is 24.7 Å². The van der Waals surface area contributed by atoms with E-state index in [0.29, 0.717) is 11.6 Å². The molecule has 33 heavy (non-hydrogen) atoms. The van der Waals surface area contributed by atoms with Crippen LogP contribution in [0.4, 0.5) is 0 Å². The standard InChI is InChI=1S/C29H43NO2Si/c1-6-24(23-14-10-8-11-15-23)27-26(32-7-2)22-25(28(27)30-18-20-31-21-19-30)29(33(3,4)5)16-12-9-13-17-29/h6,8,10-11,14-15,22,28H,7,9,12-13,16-21H2,1-5H3. The quantitative estimate of drug-likeness (QED) is 0.402. The zero-order chi connectivity index (χ0) is 23.5. The molecule has 1 aliphatic heterocycles. The number of morpholine rings is 1. The third-order valence-corrected chi connectivity index (χ3v) is 11.8. The Balaban J connectivity index is 1.88. The van der Waals surface area contributed by atoms with E-state index in [2.05, 4.69) is 80.9 Å². The molecule has 0 bridgehead atoms. The molecule has 1 aromatic rings. The summed E-state index contributed by atoms with van der Waals surface area (Å²) in [6.45, 7) is 16.4. The Morgan fingerprint density at radius 3 is 2.33 bits per heavy atom. The Morgan fingerprint density at radius 1 is 1.09 bits per heavy atom. The Labute approximate surface area is 202 Å². The highest BCUT2D eigenvalue weighted by atomic mass is 28.3. The summed E-state index contributed by atoms with van der Waals surface area (Å²) in [6, 6.07) is 11.2. The van der Waals surface area contributed by atoms with E-state index in [1.165, 1.54) is 48.8 Å². The van der Waals surface area contributed by atoms with Crippen LogP contribution in [0.1, 0.15) is 51.5 Å². The molecule has 4 rings (SSSR count). The number of nitrogens with zero attached hydrogens (tertiary/aromatic N) is 1. The average molecular weight is 466 g/mol. The van der Waals surface area contributed by atoms with Gasteiger partial charge in [0.25, 0.3) is 0 Å². The average Bonchev–Trinajstić information content (AvgIpc) is 3.20. The van der Waals surface area contributed by atoms with Gasteiger partial charge in [0.2, 0.25) is 0 Å². The highest BCUT2D eigenvalue weighted by Gasteiger charge is 2.52. The van der Waals surface area contributed by atoms with Gasteiger partial charge >= 0.3 is 0 Å². The van der Waals surface area contributed by atoms with Crippen LogP contribution in [-0.2, 0) is 9.47 Å². The molecule has 1 atom stereocenters. The van der Waals surface area contributed by atoms with Crippen molar-refractivity contribution in [3.05, 3.63) is 65.0 Å². The Kier molecular flexibility index (Phi) is 7.67. The number of benzene rings is 1. The van der Waals surface area contributed by atoms with Crippen LogP contribution in [0.5, 0.6) is 0 Å². The molecule has 1 unspecified atom stereocenters. The maximum absolute atomic E-state index is 6.44. The third kappa shape index (κ3) is 4.67. The predicted molar refractivity (Wildman–Crippen MR) is 142 cm³/mol. The van der Waals surface area contributed by atoms with Crippen molar-refractivity contribution in [1.82, 2.24) is 4.90 Å². The smallest absolute Gasteiger partial charge is 0.125 e. The van der Waals surface area contributed by atoms with E-state index in [4.69, 9.17) is 9.47 Å². The molecule has 3 aliphatic rings. The summed E-state index contributed by atoms with van der Waals surface area (Å²) in [5.74, 6) is 1.10. The van der Waals surface area contributed by atoms with E-state index in [1.54, 1.807) is 5.57 Å². The summed E-state index contributed by atoms with van der Waals surface area (Å²) in [6.07, 6.45) is 11.5. The van der Waals surface area contributed by atoms with Crippen LogP contribution in [-0.4, -0.2) is 51.9 Å². The van der Waals surface area contributed by atoms with Gasteiger partial charge in [-0.3, -0.25) is 4.90 Å². The van der Waals surface area contributed by atoms with Crippen molar-refractivity contribution in [2.45, 2.75) is 76.7 Å². The lowest BCUT2D eigenvalue weighted by Crippen LogP contribution is -2.51. The van der Waals surface area contributed by atoms with Gasteiger partial charge < -0.3 is 9.47 Å². The molecule has 180 valence electrons. The van der Waals surface area contributed by atoms with Crippen LogP contribution in [0, 0.1) is 0 Å². The van der Waals surface area contributed by atoms with Gasteiger partial charge in [0.05, 0.1) is 33.9 Å². The van der Waals surface area contributed by atoms with Gasteiger partial charge in [0.1, 0.15) is 5.76 Å². The van der Waals surface area contributed by atoms with E-state index in [0.717, 1.165) is 32.1 Å². The molecular weight excluding hydrogens is 422 g/mol. The molecule has 0 spiro atoms. The van der Waals surface area contributed by atoms with E-state index >= 15 is 0 Å². The number of hydrogen-bond acceptors (Lipinski definition) is 3. The zero-order valence-corrected chi connectivity index (χ0v) is 22.5. The molecule has 0 radical (unpaired) electrons. The molecular formula is C29H43NO2Si. The fourth-order valence-corrected chi connectivity index (χ4v) is 9.41. The van der Waals surface area contributed by atoms with Gasteiger partial charge in [-0.15, -0.1) is 0 Å². The first-order valence-electron chi connectivity index (χ1n) is 13.1. The number of allylic oxidation sites excluding steroid dienone is 2. The Hall–Kier alpha value is -1.62. The molecule has 1 aromatic carbocycles. The first-order chi connectivity index (χ1) is 15.9. The molecule has 0 aromatic heterocycles. The van der Waals surface area contributed by atoms with Gasteiger partial charge in [-0.1, -0.05) is 75.3 Å². The van der Waals surface area contributed by atoms with Crippen LogP contribution in [0.3, 0.4) is 0 Å². The lowest BCUT2D eigenvalue weighted by Gasteiger charge is -2.51. The van der Waals surface area contributed by atoms with Crippen LogP contribution in [0.25, 0.3) is 5.57 Å². The van der Waals surface area contributed by atoms with E-state index in [-0.39, 0.29) is 6.04 Å². The summed E-state index contributed by atoms with van der Waals surface area (Å²) in [5, 5.41) is 0.327. The highest BCUT2D eigenvalue weighted by molar-refractivity contribution is 6.80. The molecule has 1 saturated heterocycles. The number of hydrogen-bond donors (Lipinski definition) is 0. The number of rotatable bonds is 7. The molecule has 1 heterocycles. The first kappa shape index (κ1) is 24.5. The Bertz CT molecular complexity index is 897. The minimum Gasteiger partial charge on any atom is -0.494 e. The first-order valence-corrected chi connectivity index (χ1v) is 16.6. The second-order valence-electron chi connectivity index (χ2n) is 10.8. The topological polar surface area (TPSA) is 21.7 Å². The zero-order valence-electron chi connectivity index (χ0n) is 21.5. The van der Waals surface area contributed by atoms with Gasteiger partial charge in [-0.2, -0.15) is 0 Å². The molecule has 0 N–H and O–H groups in total. The minimum atomic E-state index is -1.51. The minimum absolute atomic E-state index is 0.284. The fourth-order valence-electron chi connectivity index (χ4n) is 6.48. The monoisotopic (exact) mass is 465 g/mol. The number of ether oxygens (including phenoxy) is 2. The van der Waals surface area contributed by atoms with Crippen molar-refractivity contribution >= 4 is 13.6 Å². The maximum atomic E-state index is 6.44. The summed E-state index contributed by atoms with van der Waals surface area (Å²) in [7, 11) is -1.51. The summed E-state index contributed by atoms with van der Waals surface area (Å²) < 4.78 is 12.2. The van der Waals surface area contributed by atoms with Crippen molar-refractivity contribution in [3.8, 4) is 0 Å². The van der Waals surface area contributed by atoms with E-state index in [1.807, 2.05) is 0 Å². The van der Waals surface area contributed by atoms with Gasteiger partial charge in [-0.05, 0) is 54.5 Å². The fraction of sp³-hybridized carbons (Fsp3) is 0.586. The van der Waals surface area contributed by atoms with Crippen molar-refractivity contribution in [1.29, 1.82) is 0 Å². The lowest BCUT2D eigenvalue weighted by molar-refractivity contribution is 0.0286. The van der Waals surface area contributed by atoms with Crippen LogP contribution < -0.4 is 0 Å². The summed E-state index contributed by atoms with van der Waals surface area (Å²) in [5.41, 5.74) is 5.64. The van der Waals surface area contributed by atoms with Gasteiger partial charge in [0.15, 0.2) is 0 Å². The maximum Gasteiger partial charge on any atom is 0.125 e. The van der Waals surface area contributed by atoms with Crippen LogP contribution in [0.15, 0.2) is 59.4 Å². The molecule has 2 aliphatic carbocycles. The largest absolute Gasteiger partial charge is 0.494 e. The summed E-state index contributed by atoms with van der Waals surface area (Å²) >= 11 is 0. The SMILES string of the molecule is CC=C(C1=C(OCC)C=C(C2([Si](C)(C)C)CCCCC2)C1N1CCOCC1)c1ccccc1. The van der Waals surface area contributed by atoms with Crippen LogP contribution >= 0.6 is 0 Å². The third-order valence-electron chi connectivity index (χ3n) is 8.19. The highest BCUT2D eigenvalue weighted by Crippen LogP contribution is 2.60. The van der Waals surface area contributed by atoms with Crippen molar-refractivity contribution < 1.29 is 9.47 Å². The molecule has 4 heteroatoms. The molecule has 1 saturated carbocycles. The van der Waals surface area contributed by atoms with Gasteiger partial charge in [-0.25, -0.2) is 0 Å². The second kappa shape index (κ2) is 10.3. The van der Waals surface area contributed by atoms with E-state index < -0.39 is 8.07 Å². The van der Waals surface area contributed by atoms with Crippen molar-refractivity contribution in [2.24, 2.45) is 0 Å². The molecule has 3 nitrogen and oxygen atoms in total. The second-order valence-corrected chi connectivity index (χ2v) is 16.3.